The summed E-state index contributed by atoms with van der Waals surface area (Å²) in [5.74, 6) is 1.60. The molecule has 0 radical (unpaired) electrons. The van der Waals surface area contributed by atoms with E-state index in [1.807, 2.05) is 0 Å². The van der Waals surface area contributed by atoms with Crippen LogP contribution in [0.25, 0.3) is 0 Å². The van der Waals surface area contributed by atoms with E-state index < -0.39 is 0 Å². The maximum atomic E-state index is 12.0. The van der Waals surface area contributed by atoms with Crippen molar-refractivity contribution in [2.75, 3.05) is 13.1 Å². The Morgan fingerprint density at radius 1 is 1.17 bits per heavy atom. The van der Waals surface area contributed by atoms with Crippen molar-refractivity contribution in [1.82, 2.24) is 10.6 Å². The van der Waals surface area contributed by atoms with Crippen LogP contribution in [0.2, 0.25) is 0 Å². The van der Waals surface area contributed by atoms with Crippen molar-refractivity contribution in [2.24, 2.45) is 11.8 Å². The van der Waals surface area contributed by atoms with E-state index in [0.717, 1.165) is 38.3 Å². The molecule has 2 aliphatic rings. The molecule has 2 fully saturated rings. The molecule has 18 heavy (non-hydrogen) atoms. The average molecular weight is 252 g/mol. The van der Waals surface area contributed by atoms with Crippen LogP contribution in [0.5, 0.6) is 0 Å². The van der Waals surface area contributed by atoms with E-state index in [0.29, 0.717) is 12.0 Å². The highest BCUT2D eigenvalue weighted by Crippen LogP contribution is 2.26. The molecule has 0 spiro atoms. The first-order valence-electron chi connectivity index (χ1n) is 7.76. The van der Waals surface area contributed by atoms with Crippen molar-refractivity contribution in [3.63, 3.8) is 0 Å². The normalized spacial score (nSPS) is 24.7. The molecule has 2 rings (SSSR count). The molecule has 0 bridgehead atoms. The van der Waals surface area contributed by atoms with Gasteiger partial charge in [-0.05, 0) is 57.5 Å². The molecule has 0 unspecified atom stereocenters. The number of carbonyl (C=O) groups excluding carboxylic acids is 1. The van der Waals surface area contributed by atoms with Crippen LogP contribution in [-0.4, -0.2) is 25.0 Å². The van der Waals surface area contributed by atoms with Gasteiger partial charge < -0.3 is 10.6 Å². The minimum Gasteiger partial charge on any atom is -0.353 e. The molecule has 3 heteroatoms. The van der Waals surface area contributed by atoms with Gasteiger partial charge in [-0.15, -0.1) is 0 Å². The molecule has 104 valence electrons. The lowest BCUT2D eigenvalue weighted by atomic mass is 9.84. The first-order chi connectivity index (χ1) is 8.75. The molecule has 1 aliphatic heterocycles. The second kappa shape index (κ2) is 7.13. The maximum absolute atomic E-state index is 12.0. The largest absolute Gasteiger partial charge is 0.353 e. The summed E-state index contributed by atoms with van der Waals surface area (Å²) in [6, 6.07) is 0.375. The Hall–Kier alpha value is -0.570. The van der Waals surface area contributed by atoms with Crippen LogP contribution in [-0.2, 0) is 4.79 Å². The Kier molecular flexibility index (Phi) is 5.48. The standard InChI is InChI=1S/C15H28N2O/c1-12(14-5-3-2-4-6-14)17-15(18)11-13-7-9-16-10-8-13/h12-14,16H,2-11H2,1H3,(H,17,18)/t12-/m0/s1. The van der Waals surface area contributed by atoms with E-state index in [1.54, 1.807) is 0 Å². The van der Waals surface area contributed by atoms with Gasteiger partial charge in [-0.2, -0.15) is 0 Å². The number of hydrogen-bond acceptors (Lipinski definition) is 2. The maximum Gasteiger partial charge on any atom is 0.220 e. The summed E-state index contributed by atoms with van der Waals surface area (Å²) < 4.78 is 0. The minimum atomic E-state index is 0.278. The molecule has 2 N–H and O–H groups in total. The fourth-order valence-corrected chi connectivity index (χ4v) is 3.41. The summed E-state index contributed by atoms with van der Waals surface area (Å²) in [5, 5.41) is 6.59. The number of amides is 1. The van der Waals surface area contributed by atoms with Crippen LogP contribution in [0.3, 0.4) is 0 Å². The number of piperidine rings is 1. The lowest BCUT2D eigenvalue weighted by molar-refractivity contribution is -0.123. The minimum absolute atomic E-state index is 0.278. The number of carbonyl (C=O) groups is 1. The van der Waals surface area contributed by atoms with Gasteiger partial charge in [0.25, 0.3) is 0 Å². The zero-order valence-corrected chi connectivity index (χ0v) is 11.7. The van der Waals surface area contributed by atoms with Crippen molar-refractivity contribution >= 4 is 5.91 Å². The van der Waals surface area contributed by atoms with Crippen LogP contribution < -0.4 is 10.6 Å². The molecule has 0 aromatic heterocycles. The molecule has 1 aliphatic carbocycles. The highest BCUT2D eigenvalue weighted by Gasteiger charge is 2.23. The van der Waals surface area contributed by atoms with Gasteiger partial charge in [-0.3, -0.25) is 4.79 Å². The van der Waals surface area contributed by atoms with Crippen LogP contribution in [0.4, 0.5) is 0 Å². The van der Waals surface area contributed by atoms with Crippen molar-refractivity contribution in [3.8, 4) is 0 Å². The lowest BCUT2D eigenvalue weighted by Crippen LogP contribution is -2.40. The van der Waals surface area contributed by atoms with Crippen LogP contribution in [0.1, 0.15) is 58.3 Å². The van der Waals surface area contributed by atoms with Gasteiger partial charge in [-0.1, -0.05) is 19.3 Å². The summed E-state index contributed by atoms with van der Waals surface area (Å²) in [4.78, 5) is 12.0. The Morgan fingerprint density at radius 2 is 1.83 bits per heavy atom. The second-order valence-corrected chi connectivity index (χ2v) is 6.15. The Morgan fingerprint density at radius 3 is 2.50 bits per heavy atom. The molecule has 0 aromatic carbocycles. The van der Waals surface area contributed by atoms with Gasteiger partial charge in [-0.25, -0.2) is 0 Å². The van der Waals surface area contributed by atoms with Crippen molar-refractivity contribution in [3.05, 3.63) is 0 Å². The third-order valence-corrected chi connectivity index (χ3v) is 4.68. The third kappa shape index (κ3) is 4.27. The predicted octanol–water partition coefficient (Wildman–Crippen LogP) is 2.46. The van der Waals surface area contributed by atoms with E-state index in [-0.39, 0.29) is 5.91 Å². The Labute approximate surface area is 111 Å². The van der Waals surface area contributed by atoms with E-state index in [4.69, 9.17) is 0 Å². The molecule has 1 saturated carbocycles. The Balaban J connectivity index is 1.68. The van der Waals surface area contributed by atoms with E-state index in [2.05, 4.69) is 17.6 Å². The molecule has 1 amide bonds. The van der Waals surface area contributed by atoms with Gasteiger partial charge in [0.15, 0.2) is 0 Å². The third-order valence-electron chi connectivity index (χ3n) is 4.68. The summed E-state index contributed by atoms with van der Waals surface area (Å²) in [6.45, 7) is 4.35. The molecular formula is C15H28N2O. The Bertz CT molecular complexity index is 255. The highest BCUT2D eigenvalue weighted by atomic mass is 16.1. The fourth-order valence-electron chi connectivity index (χ4n) is 3.41. The SMILES string of the molecule is C[C@H](NC(=O)CC1CCNCC1)C1CCCCC1. The monoisotopic (exact) mass is 252 g/mol. The quantitative estimate of drug-likeness (QED) is 0.807. The summed E-state index contributed by atoms with van der Waals surface area (Å²) >= 11 is 0. The summed E-state index contributed by atoms with van der Waals surface area (Å²) in [6.07, 6.45) is 9.73. The zero-order valence-electron chi connectivity index (χ0n) is 11.7. The van der Waals surface area contributed by atoms with Crippen LogP contribution in [0.15, 0.2) is 0 Å². The number of nitrogens with one attached hydrogen (secondary N) is 2. The smallest absolute Gasteiger partial charge is 0.220 e. The molecule has 1 heterocycles. The summed E-state index contributed by atoms with van der Waals surface area (Å²) in [7, 11) is 0. The molecule has 1 saturated heterocycles. The van der Waals surface area contributed by atoms with Crippen LogP contribution in [0, 0.1) is 11.8 Å². The summed E-state index contributed by atoms with van der Waals surface area (Å²) in [5.41, 5.74) is 0. The van der Waals surface area contributed by atoms with E-state index >= 15 is 0 Å². The molecule has 0 aromatic rings. The molecule has 1 atom stereocenters. The van der Waals surface area contributed by atoms with Crippen molar-refractivity contribution in [1.29, 1.82) is 0 Å². The van der Waals surface area contributed by atoms with Gasteiger partial charge in [0.1, 0.15) is 0 Å². The molecule has 3 nitrogen and oxygen atoms in total. The number of rotatable bonds is 4. The van der Waals surface area contributed by atoms with Gasteiger partial charge in [0.05, 0.1) is 0 Å². The van der Waals surface area contributed by atoms with Gasteiger partial charge >= 0.3 is 0 Å². The van der Waals surface area contributed by atoms with E-state index in [1.165, 1.54) is 32.1 Å². The molecular weight excluding hydrogens is 224 g/mol. The van der Waals surface area contributed by atoms with E-state index in [9.17, 15) is 4.79 Å². The predicted molar refractivity (Wildman–Crippen MR) is 74.4 cm³/mol. The lowest BCUT2D eigenvalue weighted by Gasteiger charge is -2.29. The number of hydrogen-bond donors (Lipinski definition) is 2. The van der Waals surface area contributed by atoms with Gasteiger partial charge in [0, 0.05) is 12.5 Å². The topological polar surface area (TPSA) is 41.1 Å². The first-order valence-corrected chi connectivity index (χ1v) is 7.76. The van der Waals surface area contributed by atoms with Crippen molar-refractivity contribution < 1.29 is 4.79 Å². The van der Waals surface area contributed by atoms with Crippen LogP contribution >= 0.6 is 0 Å². The zero-order chi connectivity index (χ0) is 12.8. The first kappa shape index (κ1) is 13.9. The van der Waals surface area contributed by atoms with Crippen molar-refractivity contribution in [2.45, 2.75) is 64.3 Å². The highest BCUT2D eigenvalue weighted by molar-refractivity contribution is 5.76. The average Bonchev–Trinajstić information content (AvgIpc) is 2.40. The van der Waals surface area contributed by atoms with Gasteiger partial charge in [0.2, 0.25) is 5.91 Å². The second-order valence-electron chi connectivity index (χ2n) is 6.15. The fraction of sp³-hybridized carbons (Fsp3) is 0.933.